The van der Waals surface area contributed by atoms with Crippen molar-refractivity contribution in [2.75, 3.05) is 0 Å². The zero-order valence-corrected chi connectivity index (χ0v) is 9.39. The highest BCUT2D eigenvalue weighted by Crippen LogP contribution is 2.23. The van der Waals surface area contributed by atoms with Crippen molar-refractivity contribution in [3.8, 4) is 5.75 Å². The van der Waals surface area contributed by atoms with Crippen LogP contribution in [0.4, 0.5) is 8.78 Å². The molecule has 1 aromatic rings. The van der Waals surface area contributed by atoms with Crippen LogP contribution in [0.25, 0.3) is 6.08 Å². The number of hydrogen-bond donors (Lipinski definition) is 1. The van der Waals surface area contributed by atoms with E-state index in [2.05, 4.69) is 4.74 Å². The van der Waals surface area contributed by atoms with Crippen LogP contribution >= 0.6 is 0 Å². The van der Waals surface area contributed by atoms with Gasteiger partial charge in [-0.3, -0.25) is 4.79 Å². The normalized spacial score (nSPS) is 10.9. The summed E-state index contributed by atoms with van der Waals surface area (Å²) in [5.74, 6) is -1.31. The number of carboxylic acids is 1. The molecule has 0 aliphatic heterocycles. The molecule has 0 heterocycles. The van der Waals surface area contributed by atoms with Crippen LogP contribution in [-0.2, 0) is 4.79 Å². The van der Waals surface area contributed by atoms with Crippen LogP contribution in [-0.4, -0.2) is 24.0 Å². The number of halogens is 2. The number of carboxylic acid groups (broad SMARTS) is 1. The third-order valence-electron chi connectivity index (χ3n) is 2.14. The Hall–Kier alpha value is -2.24. The summed E-state index contributed by atoms with van der Waals surface area (Å²) in [6.07, 6.45) is 2.55. The average Bonchev–Trinajstić information content (AvgIpc) is 2.25. The van der Waals surface area contributed by atoms with Gasteiger partial charge < -0.3 is 9.84 Å². The second-order valence-corrected chi connectivity index (χ2v) is 3.41. The SMILES string of the molecule is Cc1cc(OC(F)F)cc(C=O)c1/C=C/C(=O)O. The van der Waals surface area contributed by atoms with Gasteiger partial charge in [0.05, 0.1) is 0 Å². The lowest BCUT2D eigenvalue weighted by Gasteiger charge is -2.09. The molecule has 1 N–H and O–H groups in total. The lowest BCUT2D eigenvalue weighted by molar-refractivity contribution is -0.131. The van der Waals surface area contributed by atoms with Gasteiger partial charge in [0.1, 0.15) is 5.75 Å². The summed E-state index contributed by atoms with van der Waals surface area (Å²) < 4.78 is 28.3. The summed E-state index contributed by atoms with van der Waals surface area (Å²) in [4.78, 5) is 21.2. The molecule has 18 heavy (non-hydrogen) atoms. The van der Waals surface area contributed by atoms with E-state index >= 15 is 0 Å². The van der Waals surface area contributed by atoms with Gasteiger partial charge in [-0.1, -0.05) is 0 Å². The zero-order chi connectivity index (χ0) is 13.7. The zero-order valence-electron chi connectivity index (χ0n) is 9.39. The summed E-state index contributed by atoms with van der Waals surface area (Å²) in [7, 11) is 0. The molecule has 0 spiro atoms. The van der Waals surface area contributed by atoms with Gasteiger partial charge in [-0.15, -0.1) is 0 Å². The second kappa shape index (κ2) is 5.90. The Bertz CT molecular complexity index is 495. The van der Waals surface area contributed by atoms with Gasteiger partial charge in [0.2, 0.25) is 0 Å². The molecule has 0 aromatic heterocycles. The van der Waals surface area contributed by atoms with Crippen LogP contribution in [0, 0.1) is 6.92 Å². The van der Waals surface area contributed by atoms with E-state index in [1.165, 1.54) is 12.1 Å². The number of ether oxygens (including phenoxy) is 1. The van der Waals surface area contributed by atoms with Crippen molar-refractivity contribution in [2.45, 2.75) is 13.5 Å². The summed E-state index contributed by atoms with van der Waals surface area (Å²) >= 11 is 0. The van der Waals surface area contributed by atoms with Crippen molar-refractivity contribution in [2.24, 2.45) is 0 Å². The molecule has 0 saturated carbocycles. The molecule has 4 nitrogen and oxygen atoms in total. The van der Waals surface area contributed by atoms with Gasteiger partial charge in [0.25, 0.3) is 0 Å². The molecule has 0 atom stereocenters. The Morgan fingerprint density at radius 1 is 1.44 bits per heavy atom. The highest BCUT2D eigenvalue weighted by Gasteiger charge is 2.10. The van der Waals surface area contributed by atoms with Crippen molar-refractivity contribution >= 4 is 18.3 Å². The quantitative estimate of drug-likeness (QED) is 0.649. The van der Waals surface area contributed by atoms with Gasteiger partial charge in [0, 0.05) is 11.6 Å². The first-order chi connectivity index (χ1) is 8.43. The molecule has 0 aliphatic rings. The van der Waals surface area contributed by atoms with Crippen molar-refractivity contribution < 1.29 is 28.2 Å². The van der Waals surface area contributed by atoms with Crippen molar-refractivity contribution in [3.63, 3.8) is 0 Å². The lowest BCUT2D eigenvalue weighted by Crippen LogP contribution is -2.03. The molecule has 6 heteroatoms. The molecule has 96 valence electrons. The summed E-state index contributed by atoms with van der Waals surface area (Å²) in [6.45, 7) is -1.42. The number of alkyl halides is 2. The number of aldehydes is 1. The summed E-state index contributed by atoms with van der Waals surface area (Å²) in [6, 6.07) is 2.44. The average molecular weight is 256 g/mol. The predicted molar refractivity (Wildman–Crippen MR) is 59.9 cm³/mol. The van der Waals surface area contributed by atoms with E-state index in [-0.39, 0.29) is 11.3 Å². The van der Waals surface area contributed by atoms with Gasteiger partial charge in [-0.25, -0.2) is 4.79 Å². The number of rotatable bonds is 5. The van der Waals surface area contributed by atoms with E-state index in [1.807, 2.05) is 0 Å². The highest BCUT2D eigenvalue weighted by atomic mass is 19.3. The maximum absolute atomic E-state index is 12.0. The lowest BCUT2D eigenvalue weighted by atomic mass is 10.0. The second-order valence-electron chi connectivity index (χ2n) is 3.41. The molecule has 0 radical (unpaired) electrons. The number of carbonyl (C=O) groups excluding carboxylic acids is 1. The smallest absolute Gasteiger partial charge is 0.387 e. The number of aliphatic carboxylic acids is 1. The van der Waals surface area contributed by atoms with Crippen molar-refractivity contribution in [3.05, 3.63) is 34.9 Å². The van der Waals surface area contributed by atoms with Crippen LogP contribution in [0.15, 0.2) is 18.2 Å². The third-order valence-corrected chi connectivity index (χ3v) is 2.14. The number of hydrogen-bond acceptors (Lipinski definition) is 3. The molecule has 0 saturated heterocycles. The summed E-state index contributed by atoms with van der Waals surface area (Å²) in [5, 5.41) is 8.50. The number of benzene rings is 1. The van der Waals surface area contributed by atoms with Crippen LogP contribution < -0.4 is 4.74 Å². The topological polar surface area (TPSA) is 63.6 Å². The fraction of sp³-hybridized carbons (Fsp3) is 0.167. The standard InChI is InChI=1S/C12H10F2O4/c1-7-4-9(18-12(13)14)5-8(6-15)10(7)2-3-11(16)17/h2-6,12H,1H3,(H,16,17)/b3-2+. The van der Waals surface area contributed by atoms with E-state index in [1.54, 1.807) is 6.92 Å². The van der Waals surface area contributed by atoms with E-state index < -0.39 is 12.6 Å². The minimum Gasteiger partial charge on any atom is -0.478 e. The molecule has 1 aromatic carbocycles. The van der Waals surface area contributed by atoms with Gasteiger partial charge >= 0.3 is 12.6 Å². The molecule has 0 amide bonds. The monoisotopic (exact) mass is 256 g/mol. The fourth-order valence-corrected chi connectivity index (χ4v) is 1.44. The highest BCUT2D eigenvalue weighted by molar-refractivity contribution is 5.90. The van der Waals surface area contributed by atoms with Crippen molar-refractivity contribution in [1.82, 2.24) is 0 Å². The molecular weight excluding hydrogens is 246 g/mol. The van der Waals surface area contributed by atoms with Crippen LogP contribution in [0.5, 0.6) is 5.75 Å². The van der Waals surface area contributed by atoms with Gasteiger partial charge in [-0.05, 0) is 36.3 Å². The summed E-state index contributed by atoms with van der Waals surface area (Å²) in [5.41, 5.74) is 0.907. The number of aryl methyl sites for hydroxylation is 1. The maximum atomic E-state index is 12.0. The molecule has 0 bridgehead atoms. The molecule has 1 rings (SSSR count). The number of carbonyl (C=O) groups is 2. The molecule has 0 unspecified atom stereocenters. The van der Waals surface area contributed by atoms with Crippen molar-refractivity contribution in [1.29, 1.82) is 0 Å². The fourth-order valence-electron chi connectivity index (χ4n) is 1.44. The predicted octanol–water partition coefficient (Wildman–Crippen LogP) is 2.51. The van der Waals surface area contributed by atoms with Crippen LogP contribution in [0.2, 0.25) is 0 Å². The third kappa shape index (κ3) is 3.65. The minimum absolute atomic E-state index is 0.0863. The van der Waals surface area contributed by atoms with Gasteiger partial charge in [0.15, 0.2) is 6.29 Å². The first kappa shape index (κ1) is 13.8. The Kier molecular flexibility index (Phi) is 4.53. The minimum atomic E-state index is -2.98. The molecule has 0 aliphatic carbocycles. The first-order valence-corrected chi connectivity index (χ1v) is 4.89. The van der Waals surface area contributed by atoms with E-state index in [9.17, 15) is 18.4 Å². The Morgan fingerprint density at radius 3 is 2.61 bits per heavy atom. The van der Waals surface area contributed by atoms with Gasteiger partial charge in [-0.2, -0.15) is 8.78 Å². The van der Waals surface area contributed by atoms with Crippen LogP contribution in [0.3, 0.4) is 0 Å². The van der Waals surface area contributed by atoms with E-state index in [0.717, 1.165) is 12.1 Å². The molecule has 0 fully saturated rings. The Morgan fingerprint density at radius 2 is 2.11 bits per heavy atom. The Balaban J connectivity index is 3.19. The molecular formula is C12H10F2O4. The van der Waals surface area contributed by atoms with Crippen LogP contribution in [0.1, 0.15) is 21.5 Å². The Labute approximate surface area is 101 Å². The van der Waals surface area contributed by atoms with E-state index in [4.69, 9.17) is 5.11 Å². The van der Waals surface area contributed by atoms with E-state index in [0.29, 0.717) is 17.4 Å². The first-order valence-electron chi connectivity index (χ1n) is 4.89. The maximum Gasteiger partial charge on any atom is 0.387 e. The largest absolute Gasteiger partial charge is 0.478 e.